The Morgan fingerprint density at radius 1 is 1.29 bits per heavy atom. The molecule has 90 valence electrons. The Morgan fingerprint density at radius 2 is 2.06 bits per heavy atom. The van der Waals surface area contributed by atoms with Crippen LogP contribution in [0, 0.1) is 0 Å². The maximum Gasteiger partial charge on any atom is 0.182 e. The molecule has 0 amide bonds. The first kappa shape index (κ1) is 11.4. The van der Waals surface area contributed by atoms with E-state index in [9.17, 15) is 8.78 Å². The van der Waals surface area contributed by atoms with E-state index in [0.717, 1.165) is 0 Å². The van der Waals surface area contributed by atoms with Gasteiger partial charge in [0.25, 0.3) is 0 Å². The normalized spacial score (nSPS) is 11.0. The number of hydrogen-bond acceptors (Lipinski definition) is 4. The number of rotatable bonds is 4. The first-order valence-electron chi connectivity index (χ1n) is 5.00. The highest BCUT2D eigenvalue weighted by Gasteiger charge is 2.17. The molecule has 0 aliphatic carbocycles. The molecular weight excluding hydrogens is 228 g/mol. The SMILES string of the molecule is Nc1cccc(-c2nncn2C(CF)CF)n1. The lowest BCUT2D eigenvalue weighted by molar-refractivity contribution is 0.289. The van der Waals surface area contributed by atoms with Gasteiger partial charge in [-0.3, -0.25) is 0 Å². The average Bonchev–Trinajstić information content (AvgIpc) is 2.80. The third kappa shape index (κ3) is 2.22. The number of aromatic nitrogens is 4. The Balaban J connectivity index is 2.43. The van der Waals surface area contributed by atoms with E-state index in [2.05, 4.69) is 15.2 Å². The molecule has 0 saturated heterocycles. The quantitative estimate of drug-likeness (QED) is 0.875. The molecule has 0 aliphatic heterocycles. The molecule has 7 heteroatoms. The molecule has 2 aromatic rings. The summed E-state index contributed by atoms with van der Waals surface area (Å²) in [5.41, 5.74) is 5.98. The summed E-state index contributed by atoms with van der Waals surface area (Å²) in [5, 5.41) is 7.45. The summed E-state index contributed by atoms with van der Waals surface area (Å²) in [5.74, 6) is 0.617. The van der Waals surface area contributed by atoms with Crippen molar-refractivity contribution < 1.29 is 8.78 Å². The van der Waals surface area contributed by atoms with Crippen LogP contribution in [0.25, 0.3) is 11.5 Å². The van der Waals surface area contributed by atoms with Crippen LogP contribution in [-0.2, 0) is 0 Å². The number of halogens is 2. The van der Waals surface area contributed by atoms with Crippen molar-refractivity contribution >= 4 is 5.82 Å². The molecule has 2 rings (SSSR count). The van der Waals surface area contributed by atoms with Crippen LogP contribution in [0.4, 0.5) is 14.6 Å². The number of nitrogen functional groups attached to an aromatic ring is 1. The summed E-state index contributed by atoms with van der Waals surface area (Å²) >= 11 is 0. The van der Waals surface area contributed by atoms with Gasteiger partial charge in [0.2, 0.25) is 0 Å². The number of pyridine rings is 1. The summed E-state index contributed by atoms with van der Waals surface area (Å²) in [6.07, 6.45) is 1.28. The molecule has 0 aromatic carbocycles. The third-order valence-corrected chi connectivity index (χ3v) is 2.32. The van der Waals surface area contributed by atoms with Crippen LogP contribution in [0.3, 0.4) is 0 Å². The Bertz CT molecular complexity index is 495. The van der Waals surface area contributed by atoms with E-state index in [1.807, 2.05) is 0 Å². The molecule has 0 bridgehead atoms. The number of nitrogens with zero attached hydrogens (tertiary/aromatic N) is 4. The fourth-order valence-electron chi connectivity index (χ4n) is 1.46. The van der Waals surface area contributed by atoms with Gasteiger partial charge in [-0.25, -0.2) is 13.8 Å². The lowest BCUT2D eigenvalue weighted by Crippen LogP contribution is -2.14. The largest absolute Gasteiger partial charge is 0.384 e. The van der Waals surface area contributed by atoms with E-state index >= 15 is 0 Å². The van der Waals surface area contributed by atoms with Gasteiger partial charge in [-0.2, -0.15) is 0 Å². The zero-order chi connectivity index (χ0) is 12.3. The van der Waals surface area contributed by atoms with Gasteiger partial charge < -0.3 is 10.3 Å². The Hall–Kier alpha value is -2.05. The van der Waals surface area contributed by atoms with E-state index in [4.69, 9.17) is 5.73 Å². The number of nitrogens with two attached hydrogens (primary N) is 1. The average molecular weight is 239 g/mol. The Kier molecular flexibility index (Phi) is 3.27. The molecule has 0 fully saturated rings. The second kappa shape index (κ2) is 4.86. The zero-order valence-electron chi connectivity index (χ0n) is 8.92. The maximum absolute atomic E-state index is 12.6. The zero-order valence-corrected chi connectivity index (χ0v) is 8.92. The van der Waals surface area contributed by atoms with Crippen LogP contribution in [-0.4, -0.2) is 33.1 Å². The van der Waals surface area contributed by atoms with Crippen molar-refractivity contribution in [3.8, 4) is 11.5 Å². The second-order valence-electron chi connectivity index (χ2n) is 3.47. The van der Waals surface area contributed by atoms with E-state index in [-0.39, 0.29) is 0 Å². The molecule has 0 unspecified atom stereocenters. The van der Waals surface area contributed by atoms with Crippen LogP contribution < -0.4 is 5.73 Å². The van der Waals surface area contributed by atoms with Crippen molar-refractivity contribution in [2.24, 2.45) is 0 Å². The molecule has 0 radical (unpaired) electrons. The first-order valence-corrected chi connectivity index (χ1v) is 5.00. The van der Waals surface area contributed by atoms with Crippen LogP contribution in [0.1, 0.15) is 6.04 Å². The number of hydrogen-bond donors (Lipinski definition) is 1. The molecule has 2 heterocycles. The smallest absolute Gasteiger partial charge is 0.182 e. The van der Waals surface area contributed by atoms with Crippen LogP contribution >= 0.6 is 0 Å². The highest BCUT2D eigenvalue weighted by Crippen LogP contribution is 2.19. The highest BCUT2D eigenvalue weighted by atomic mass is 19.1. The summed E-state index contributed by atoms with van der Waals surface area (Å²) in [7, 11) is 0. The van der Waals surface area contributed by atoms with Gasteiger partial charge in [0.15, 0.2) is 5.82 Å². The number of alkyl halides is 2. The van der Waals surface area contributed by atoms with E-state index in [0.29, 0.717) is 17.3 Å². The van der Waals surface area contributed by atoms with Crippen molar-refractivity contribution in [3.63, 3.8) is 0 Å². The van der Waals surface area contributed by atoms with Crippen molar-refractivity contribution in [3.05, 3.63) is 24.5 Å². The maximum atomic E-state index is 12.6. The van der Waals surface area contributed by atoms with E-state index in [1.165, 1.54) is 10.9 Å². The highest BCUT2D eigenvalue weighted by molar-refractivity contribution is 5.52. The van der Waals surface area contributed by atoms with Crippen molar-refractivity contribution in [2.75, 3.05) is 19.1 Å². The Morgan fingerprint density at radius 3 is 2.71 bits per heavy atom. The number of anilines is 1. The molecule has 0 atom stereocenters. The van der Waals surface area contributed by atoms with Crippen molar-refractivity contribution in [2.45, 2.75) is 6.04 Å². The monoisotopic (exact) mass is 239 g/mol. The van der Waals surface area contributed by atoms with Crippen LogP contribution in [0.15, 0.2) is 24.5 Å². The Labute approximate surface area is 96.3 Å². The topological polar surface area (TPSA) is 69.6 Å². The molecule has 2 aromatic heterocycles. The predicted octanol–water partition coefficient (Wildman–Crippen LogP) is 1.40. The van der Waals surface area contributed by atoms with Crippen LogP contribution in [0.5, 0.6) is 0 Å². The molecular formula is C10H11F2N5. The van der Waals surface area contributed by atoms with Gasteiger partial charge >= 0.3 is 0 Å². The van der Waals surface area contributed by atoms with Gasteiger partial charge in [-0.15, -0.1) is 10.2 Å². The van der Waals surface area contributed by atoms with E-state index in [1.54, 1.807) is 18.2 Å². The standard InChI is InChI=1S/C10H11F2N5/c11-4-7(5-12)17-6-14-16-10(17)8-2-1-3-9(13)15-8/h1-3,6-7H,4-5H2,(H2,13,15). The van der Waals surface area contributed by atoms with Crippen molar-refractivity contribution in [1.82, 2.24) is 19.7 Å². The summed E-state index contributed by atoms with van der Waals surface area (Å²) in [6.45, 7) is -1.66. The lowest BCUT2D eigenvalue weighted by atomic mass is 10.3. The molecule has 17 heavy (non-hydrogen) atoms. The van der Waals surface area contributed by atoms with Gasteiger partial charge in [0.1, 0.15) is 31.2 Å². The fourth-order valence-corrected chi connectivity index (χ4v) is 1.46. The van der Waals surface area contributed by atoms with Gasteiger partial charge in [-0.1, -0.05) is 6.07 Å². The molecule has 0 spiro atoms. The lowest BCUT2D eigenvalue weighted by Gasteiger charge is -2.12. The molecule has 5 nitrogen and oxygen atoms in total. The molecule has 2 N–H and O–H groups in total. The fraction of sp³-hybridized carbons (Fsp3) is 0.300. The molecule has 0 saturated carbocycles. The summed E-state index contributed by atoms with van der Waals surface area (Å²) in [4.78, 5) is 4.04. The predicted molar refractivity (Wildman–Crippen MR) is 58.7 cm³/mol. The minimum Gasteiger partial charge on any atom is -0.384 e. The minimum atomic E-state index is -0.928. The van der Waals surface area contributed by atoms with E-state index < -0.39 is 19.4 Å². The summed E-state index contributed by atoms with van der Waals surface area (Å²) in [6, 6.07) is 4.04. The van der Waals surface area contributed by atoms with Gasteiger partial charge in [-0.05, 0) is 12.1 Å². The summed E-state index contributed by atoms with van der Waals surface area (Å²) < 4.78 is 26.6. The second-order valence-corrected chi connectivity index (χ2v) is 3.47. The van der Waals surface area contributed by atoms with Gasteiger partial charge in [0.05, 0.1) is 6.04 Å². The minimum absolute atomic E-state index is 0.303. The van der Waals surface area contributed by atoms with Gasteiger partial charge in [0, 0.05) is 0 Å². The third-order valence-electron chi connectivity index (χ3n) is 2.32. The first-order chi connectivity index (χ1) is 8.26. The molecule has 0 aliphatic rings. The van der Waals surface area contributed by atoms with Crippen molar-refractivity contribution in [1.29, 1.82) is 0 Å². The van der Waals surface area contributed by atoms with Crippen LogP contribution in [0.2, 0.25) is 0 Å².